The largest absolute Gasteiger partial charge is 0.276 e. The predicted octanol–water partition coefficient (Wildman–Crippen LogP) is 2.17. The van der Waals surface area contributed by atoms with Gasteiger partial charge in [0, 0.05) is 19.3 Å². The Hall–Kier alpha value is -1.65. The Morgan fingerprint density at radius 3 is 2.79 bits per heavy atom. The molecule has 1 heterocycles. The van der Waals surface area contributed by atoms with E-state index in [9.17, 15) is 0 Å². The van der Waals surface area contributed by atoms with Crippen molar-refractivity contribution in [1.29, 1.82) is 0 Å². The number of rotatable bonds is 5. The van der Waals surface area contributed by atoms with Crippen LogP contribution in [0.25, 0.3) is 0 Å². The van der Waals surface area contributed by atoms with Crippen LogP contribution in [-0.2, 0) is 13.5 Å². The smallest absolute Gasteiger partial charge is 0.0521 e. The maximum absolute atomic E-state index is 5.72. The Labute approximate surface area is 114 Å². The van der Waals surface area contributed by atoms with Crippen LogP contribution in [0.4, 0.5) is 0 Å². The van der Waals surface area contributed by atoms with Gasteiger partial charge in [0.05, 0.1) is 6.20 Å². The van der Waals surface area contributed by atoms with E-state index in [1.54, 1.807) is 0 Å². The summed E-state index contributed by atoms with van der Waals surface area (Å²) in [6.45, 7) is 4.28. The predicted molar refractivity (Wildman–Crippen MR) is 77.5 cm³/mol. The van der Waals surface area contributed by atoms with Crippen LogP contribution in [0.15, 0.2) is 30.6 Å². The molecule has 0 radical (unpaired) electrons. The highest BCUT2D eigenvalue weighted by Gasteiger charge is 2.13. The Morgan fingerprint density at radius 2 is 2.16 bits per heavy atom. The first kappa shape index (κ1) is 13.8. The van der Waals surface area contributed by atoms with Crippen LogP contribution in [0.5, 0.6) is 0 Å². The van der Waals surface area contributed by atoms with Gasteiger partial charge in [-0.2, -0.15) is 5.10 Å². The van der Waals surface area contributed by atoms with Gasteiger partial charge < -0.3 is 0 Å². The Morgan fingerprint density at radius 1 is 1.37 bits per heavy atom. The zero-order chi connectivity index (χ0) is 13.8. The number of nitrogens with two attached hydrogens (primary N) is 1. The van der Waals surface area contributed by atoms with Crippen LogP contribution in [-0.4, -0.2) is 9.78 Å². The third-order valence-corrected chi connectivity index (χ3v) is 3.70. The summed E-state index contributed by atoms with van der Waals surface area (Å²) in [6.07, 6.45) is 5.90. The summed E-state index contributed by atoms with van der Waals surface area (Å²) >= 11 is 0. The molecule has 102 valence electrons. The van der Waals surface area contributed by atoms with Gasteiger partial charge in [-0.3, -0.25) is 16.0 Å². The minimum absolute atomic E-state index is 0.181. The van der Waals surface area contributed by atoms with Gasteiger partial charge in [0.15, 0.2) is 0 Å². The van der Waals surface area contributed by atoms with Gasteiger partial charge in [0.1, 0.15) is 0 Å². The van der Waals surface area contributed by atoms with Gasteiger partial charge in [0.2, 0.25) is 0 Å². The average Bonchev–Trinajstić information content (AvgIpc) is 2.81. The summed E-state index contributed by atoms with van der Waals surface area (Å²) in [5, 5.41) is 4.19. The standard InChI is InChI=1S/C15H22N4/c1-11-5-4-6-14(12(11)2)15(18-16)8-7-13-9-17-19(3)10-13/h4-6,9-10,15,18H,7-8,16H2,1-3H3. The fourth-order valence-corrected chi connectivity index (χ4v) is 2.39. The lowest BCUT2D eigenvalue weighted by Crippen LogP contribution is -2.29. The minimum atomic E-state index is 0.181. The van der Waals surface area contributed by atoms with Gasteiger partial charge in [0.25, 0.3) is 0 Å². The molecule has 2 aromatic rings. The number of nitrogens with zero attached hydrogens (tertiary/aromatic N) is 2. The van der Waals surface area contributed by atoms with Crippen LogP contribution >= 0.6 is 0 Å². The molecule has 0 aliphatic heterocycles. The van der Waals surface area contributed by atoms with E-state index in [2.05, 4.69) is 48.8 Å². The number of benzene rings is 1. The zero-order valence-corrected chi connectivity index (χ0v) is 11.9. The Bertz CT molecular complexity index is 545. The number of nitrogens with one attached hydrogen (secondary N) is 1. The summed E-state index contributed by atoms with van der Waals surface area (Å²) < 4.78 is 1.83. The van der Waals surface area contributed by atoms with E-state index in [0.29, 0.717) is 0 Å². The van der Waals surface area contributed by atoms with Gasteiger partial charge in [-0.15, -0.1) is 0 Å². The lowest BCUT2D eigenvalue weighted by molar-refractivity contribution is 0.514. The van der Waals surface area contributed by atoms with Crippen molar-refractivity contribution in [2.24, 2.45) is 12.9 Å². The van der Waals surface area contributed by atoms with E-state index in [1.807, 2.05) is 17.9 Å². The second-order valence-corrected chi connectivity index (χ2v) is 5.07. The van der Waals surface area contributed by atoms with Crippen LogP contribution < -0.4 is 11.3 Å². The van der Waals surface area contributed by atoms with Crippen molar-refractivity contribution in [2.45, 2.75) is 32.7 Å². The minimum Gasteiger partial charge on any atom is -0.276 e. The zero-order valence-electron chi connectivity index (χ0n) is 11.9. The molecule has 0 aliphatic rings. The summed E-state index contributed by atoms with van der Waals surface area (Å²) in [6, 6.07) is 6.55. The van der Waals surface area contributed by atoms with Crippen molar-refractivity contribution in [1.82, 2.24) is 15.2 Å². The van der Waals surface area contributed by atoms with Crippen LogP contribution in [0.1, 0.15) is 34.7 Å². The molecule has 1 aromatic carbocycles. The topological polar surface area (TPSA) is 55.9 Å². The lowest BCUT2D eigenvalue weighted by Gasteiger charge is -2.19. The second kappa shape index (κ2) is 5.99. The number of hydrazine groups is 1. The van der Waals surface area contributed by atoms with Crippen LogP contribution in [0.3, 0.4) is 0 Å². The molecule has 0 aliphatic carbocycles. The molecular weight excluding hydrogens is 236 g/mol. The van der Waals surface area contributed by atoms with E-state index in [-0.39, 0.29) is 6.04 Å². The summed E-state index contributed by atoms with van der Waals surface area (Å²) in [5.74, 6) is 5.72. The molecule has 3 N–H and O–H groups in total. The number of aromatic nitrogens is 2. The van der Waals surface area contributed by atoms with E-state index >= 15 is 0 Å². The van der Waals surface area contributed by atoms with E-state index in [0.717, 1.165) is 12.8 Å². The average molecular weight is 258 g/mol. The Kier molecular flexibility index (Phi) is 4.35. The molecule has 0 spiro atoms. The molecule has 0 saturated carbocycles. The summed E-state index contributed by atoms with van der Waals surface area (Å²) in [7, 11) is 1.94. The van der Waals surface area contributed by atoms with Gasteiger partial charge in [-0.25, -0.2) is 0 Å². The maximum atomic E-state index is 5.72. The van der Waals surface area contributed by atoms with Crippen LogP contribution in [0, 0.1) is 13.8 Å². The van der Waals surface area contributed by atoms with Crippen LogP contribution in [0.2, 0.25) is 0 Å². The molecule has 0 amide bonds. The highest BCUT2D eigenvalue weighted by Crippen LogP contribution is 2.23. The van der Waals surface area contributed by atoms with Crippen molar-refractivity contribution in [2.75, 3.05) is 0 Å². The lowest BCUT2D eigenvalue weighted by atomic mass is 9.94. The molecular formula is C15H22N4. The molecule has 0 bridgehead atoms. The fourth-order valence-electron chi connectivity index (χ4n) is 2.39. The summed E-state index contributed by atoms with van der Waals surface area (Å²) in [4.78, 5) is 0. The quantitative estimate of drug-likeness (QED) is 0.638. The highest BCUT2D eigenvalue weighted by molar-refractivity contribution is 5.35. The van der Waals surface area contributed by atoms with E-state index in [1.165, 1.54) is 22.3 Å². The summed E-state index contributed by atoms with van der Waals surface area (Å²) in [5.41, 5.74) is 8.08. The molecule has 19 heavy (non-hydrogen) atoms. The number of hydrogen-bond acceptors (Lipinski definition) is 3. The van der Waals surface area contributed by atoms with E-state index in [4.69, 9.17) is 5.84 Å². The van der Waals surface area contributed by atoms with Crippen molar-refractivity contribution in [3.63, 3.8) is 0 Å². The monoisotopic (exact) mass is 258 g/mol. The van der Waals surface area contributed by atoms with Gasteiger partial charge >= 0.3 is 0 Å². The maximum Gasteiger partial charge on any atom is 0.0521 e. The highest BCUT2D eigenvalue weighted by atomic mass is 15.2. The molecule has 2 rings (SSSR count). The Balaban J connectivity index is 2.09. The van der Waals surface area contributed by atoms with Crippen molar-refractivity contribution in [3.8, 4) is 0 Å². The SMILES string of the molecule is Cc1cccc(C(CCc2cnn(C)c2)NN)c1C. The molecule has 1 unspecified atom stereocenters. The van der Waals surface area contributed by atoms with Crippen molar-refractivity contribution in [3.05, 3.63) is 52.8 Å². The molecule has 0 saturated heterocycles. The molecule has 4 nitrogen and oxygen atoms in total. The second-order valence-electron chi connectivity index (χ2n) is 5.07. The molecule has 1 aromatic heterocycles. The number of hydrogen-bond donors (Lipinski definition) is 2. The third kappa shape index (κ3) is 3.22. The molecule has 4 heteroatoms. The van der Waals surface area contributed by atoms with Crippen molar-refractivity contribution < 1.29 is 0 Å². The van der Waals surface area contributed by atoms with E-state index < -0.39 is 0 Å². The van der Waals surface area contributed by atoms with Gasteiger partial charge in [-0.1, -0.05) is 18.2 Å². The fraction of sp³-hybridized carbons (Fsp3) is 0.400. The first-order chi connectivity index (χ1) is 9.11. The third-order valence-electron chi connectivity index (χ3n) is 3.70. The molecule has 0 fully saturated rings. The first-order valence-corrected chi connectivity index (χ1v) is 6.61. The first-order valence-electron chi connectivity index (χ1n) is 6.61. The van der Waals surface area contributed by atoms with Crippen molar-refractivity contribution >= 4 is 0 Å². The number of aryl methyl sites for hydroxylation is 3. The molecule has 1 atom stereocenters. The van der Waals surface area contributed by atoms with Gasteiger partial charge in [-0.05, 0) is 48.9 Å². The normalized spacial score (nSPS) is 12.6.